The number of halogens is 1. The quantitative estimate of drug-likeness (QED) is 0.772. The van der Waals surface area contributed by atoms with Gasteiger partial charge in [0.25, 0.3) is 0 Å². The van der Waals surface area contributed by atoms with Crippen LogP contribution in [0.2, 0.25) is 0 Å². The van der Waals surface area contributed by atoms with Crippen LogP contribution in [0.15, 0.2) is 33.3 Å². The largest absolute Gasteiger partial charge is 0.496 e. The molecule has 1 amide bonds. The summed E-state index contributed by atoms with van der Waals surface area (Å²) >= 11 is 5.01. The van der Waals surface area contributed by atoms with Gasteiger partial charge in [0.05, 0.1) is 36.3 Å². The van der Waals surface area contributed by atoms with E-state index in [0.717, 1.165) is 20.9 Å². The molecule has 120 valence electrons. The number of hydrogen-bond donors (Lipinski definition) is 0. The fourth-order valence-corrected chi connectivity index (χ4v) is 4.38. The average molecular weight is 394 g/mol. The lowest BCUT2D eigenvalue weighted by Gasteiger charge is -2.40. The molecule has 0 N–H and O–H groups in total. The molecule has 23 heavy (non-hydrogen) atoms. The van der Waals surface area contributed by atoms with E-state index in [1.807, 2.05) is 25.2 Å². The summed E-state index contributed by atoms with van der Waals surface area (Å²) in [5, 5.41) is 10.5. The van der Waals surface area contributed by atoms with E-state index in [1.54, 1.807) is 23.8 Å². The van der Waals surface area contributed by atoms with Gasteiger partial charge in [-0.05, 0) is 25.2 Å². The summed E-state index contributed by atoms with van der Waals surface area (Å²) in [5.74, 6) is 1.25. The molecule has 2 aliphatic rings. The highest BCUT2D eigenvalue weighted by Gasteiger charge is 2.38. The van der Waals surface area contributed by atoms with Crippen LogP contribution >= 0.6 is 27.7 Å². The van der Waals surface area contributed by atoms with Gasteiger partial charge in [0.15, 0.2) is 0 Å². The standard InChI is InChI=1S/C16H16BrN3O2S/c1-19-8-20-15(21)6-11(13(7-18)16(20)23-9-19)12-5-10(17)3-4-14(12)22-2/h3-5,11H,6,8-9H2,1-2H3/t11-/m1/s1. The van der Waals surface area contributed by atoms with E-state index >= 15 is 0 Å². The summed E-state index contributed by atoms with van der Waals surface area (Å²) in [5.41, 5.74) is 1.53. The number of benzene rings is 1. The third-order valence-corrected chi connectivity index (χ3v) is 5.77. The van der Waals surface area contributed by atoms with Crippen molar-refractivity contribution >= 4 is 33.6 Å². The maximum absolute atomic E-state index is 12.6. The minimum Gasteiger partial charge on any atom is -0.496 e. The highest BCUT2D eigenvalue weighted by atomic mass is 79.9. The van der Waals surface area contributed by atoms with Gasteiger partial charge >= 0.3 is 0 Å². The van der Waals surface area contributed by atoms with Crippen LogP contribution in [0.25, 0.3) is 0 Å². The van der Waals surface area contributed by atoms with Crippen molar-refractivity contribution in [2.75, 3.05) is 26.7 Å². The molecule has 0 radical (unpaired) electrons. The molecule has 0 unspecified atom stereocenters. The lowest BCUT2D eigenvalue weighted by atomic mass is 9.86. The smallest absolute Gasteiger partial charge is 0.229 e. The normalized spacial score (nSPS) is 21.9. The Morgan fingerprint density at radius 3 is 2.96 bits per heavy atom. The number of methoxy groups -OCH3 is 1. The van der Waals surface area contributed by atoms with Gasteiger partial charge in [0, 0.05) is 22.4 Å². The summed E-state index contributed by atoms with van der Waals surface area (Å²) in [7, 11) is 3.57. The summed E-state index contributed by atoms with van der Waals surface area (Å²) < 4.78 is 6.35. The van der Waals surface area contributed by atoms with Crippen molar-refractivity contribution in [3.63, 3.8) is 0 Å². The highest BCUT2D eigenvalue weighted by molar-refractivity contribution is 9.10. The highest BCUT2D eigenvalue weighted by Crippen LogP contribution is 2.44. The van der Waals surface area contributed by atoms with Crippen molar-refractivity contribution in [1.82, 2.24) is 9.80 Å². The Balaban J connectivity index is 2.11. The molecule has 3 rings (SSSR count). The number of ether oxygens (including phenoxy) is 1. The first-order valence-electron chi connectivity index (χ1n) is 7.14. The lowest BCUT2D eigenvalue weighted by Crippen LogP contribution is -2.45. The van der Waals surface area contributed by atoms with Gasteiger partial charge in [-0.3, -0.25) is 14.6 Å². The van der Waals surface area contributed by atoms with Gasteiger partial charge in [-0.2, -0.15) is 5.26 Å². The Kier molecular flexibility index (Phi) is 4.67. The van der Waals surface area contributed by atoms with Crippen LogP contribution in [0.3, 0.4) is 0 Å². The Morgan fingerprint density at radius 1 is 1.48 bits per heavy atom. The molecule has 5 nitrogen and oxygen atoms in total. The molecule has 0 bridgehead atoms. The fraction of sp³-hybridized carbons (Fsp3) is 0.375. The Labute approximate surface area is 148 Å². The average Bonchev–Trinajstić information content (AvgIpc) is 2.55. The molecule has 0 saturated carbocycles. The number of amides is 1. The Hall–Kier alpha value is -1.49. The first-order chi connectivity index (χ1) is 11.0. The number of carbonyl (C=O) groups excluding carboxylic acids is 1. The molecule has 1 fully saturated rings. The predicted octanol–water partition coefficient (Wildman–Crippen LogP) is 3.10. The van der Waals surface area contributed by atoms with Gasteiger partial charge in [-0.1, -0.05) is 27.7 Å². The molecule has 1 aromatic rings. The first kappa shape index (κ1) is 16.4. The SMILES string of the molecule is COc1ccc(Br)cc1[C@H]1CC(=O)N2CN(C)CSC2=C1C#N. The second kappa shape index (κ2) is 6.56. The summed E-state index contributed by atoms with van der Waals surface area (Å²) in [6.45, 7) is 0.536. The Morgan fingerprint density at radius 2 is 2.26 bits per heavy atom. The second-order valence-corrected chi connectivity index (χ2v) is 7.42. The Bertz CT molecular complexity index is 729. The van der Waals surface area contributed by atoms with Gasteiger partial charge in [0.1, 0.15) is 5.75 Å². The minimum absolute atomic E-state index is 0.0464. The van der Waals surface area contributed by atoms with Crippen LogP contribution in [0.5, 0.6) is 5.75 Å². The number of carbonyl (C=O) groups is 1. The summed E-state index contributed by atoms with van der Waals surface area (Å²) in [4.78, 5) is 16.4. The summed E-state index contributed by atoms with van der Waals surface area (Å²) in [6.07, 6.45) is 0.285. The molecule has 7 heteroatoms. The van der Waals surface area contributed by atoms with Gasteiger partial charge in [-0.15, -0.1) is 0 Å². The van der Waals surface area contributed by atoms with Gasteiger partial charge < -0.3 is 4.74 Å². The van der Waals surface area contributed by atoms with Crippen molar-refractivity contribution < 1.29 is 9.53 Å². The molecular formula is C16H16BrN3O2S. The second-order valence-electron chi connectivity index (χ2n) is 5.57. The van der Waals surface area contributed by atoms with Crippen LogP contribution in [0.1, 0.15) is 17.9 Å². The fourth-order valence-electron chi connectivity index (χ4n) is 2.92. The molecular weight excluding hydrogens is 378 g/mol. The lowest BCUT2D eigenvalue weighted by molar-refractivity contribution is -0.131. The third kappa shape index (κ3) is 2.99. The minimum atomic E-state index is -0.262. The molecule has 2 aliphatic heterocycles. The van der Waals surface area contributed by atoms with E-state index in [0.29, 0.717) is 18.0 Å². The van der Waals surface area contributed by atoms with Crippen LogP contribution in [-0.2, 0) is 4.79 Å². The monoisotopic (exact) mass is 393 g/mol. The van der Waals surface area contributed by atoms with Crippen molar-refractivity contribution in [3.05, 3.63) is 38.8 Å². The van der Waals surface area contributed by atoms with E-state index < -0.39 is 0 Å². The number of nitriles is 1. The molecule has 0 aliphatic carbocycles. The molecule has 1 saturated heterocycles. The maximum atomic E-state index is 12.6. The van der Waals surface area contributed by atoms with Crippen molar-refractivity contribution in [2.24, 2.45) is 0 Å². The van der Waals surface area contributed by atoms with Gasteiger partial charge in [-0.25, -0.2) is 0 Å². The van der Waals surface area contributed by atoms with E-state index in [-0.39, 0.29) is 18.2 Å². The number of allylic oxidation sites excluding steroid dienone is 1. The van der Waals surface area contributed by atoms with Gasteiger partial charge in [0.2, 0.25) is 5.91 Å². The zero-order valence-corrected chi connectivity index (χ0v) is 15.3. The molecule has 1 atom stereocenters. The number of fused-ring (bicyclic) bond motifs is 1. The zero-order chi connectivity index (χ0) is 16.6. The van der Waals surface area contributed by atoms with Crippen LogP contribution in [0, 0.1) is 11.3 Å². The topological polar surface area (TPSA) is 56.6 Å². The first-order valence-corrected chi connectivity index (χ1v) is 8.92. The van der Waals surface area contributed by atoms with E-state index in [4.69, 9.17) is 4.74 Å². The predicted molar refractivity (Wildman–Crippen MR) is 92.6 cm³/mol. The third-order valence-electron chi connectivity index (χ3n) is 4.00. The number of hydrogen-bond acceptors (Lipinski definition) is 5. The molecule has 2 heterocycles. The number of nitrogens with zero attached hydrogens (tertiary/aromatic N) is 3. The van der Waals surface area contributed by atoms with Crippen molar-refractivity contribution in [3.8, 4) is 11.8 Å². The maximum Gasteiger partial charge on any atom is 0.229 e. The van der Waals surface area contributed by atoms with E-state index in [2.05, 4.69) is 26.9 Å². The number of thioether (sulfide) groups is 1. The van der Waals surface area contributed by atoms with Crippen molar-refractivity contribution in [1.29, 1.82) is 5.26 Å². The van der Waals surface area contributed by atoms with Crippen molar-refractivity contribution in [2.45, 2.75) is 12.3 Å². The molecule has 1 aromatic carbocycles. The molecule has 0 spiro atoms. The van der Waals surface area contributed by atoms with Crippen LogP contribution in [0.4, 0.5) is 0 Å². The van der Waals surface area contributed by atoms with E-state index in [9.17, 15) is 10.1 Å². The van der Waals surface area contributed by atoms with Crippen LogP contribution < -0.4 is 4.74 Å². The zero-order valence-electron chi connectivity index (χ0n) is 12.9. The number of rotatable bonds is 2. The summed E-state index contributed by atoms with van der Waals surface area (Å²) in [6, 6.07) is 8.02. The molecule has 0 aromatic heterocycles. The van der Waals surface area contributed by atoms with E-state index in [1.165, 1.54) is 0 Å². The van der Waals surface area contributed by atoms with Crippen LogP contribution in [-0.4, -0.2) is 42.4 Å².